The number of hydrogen-bond donors (Lipinski definition) is 1. The number of esters is 1. The Morgan fingerprint density at radius 3 is 2.44 bits per heavy atom. The minimum Gasteiger partial charge on any atom is -0.456 e. The lowest BCUT2D eigenvalue weighted by molar-refractivity contribution is -0.148. The lowest BCUT2D eigenvalue weighted by Gasteiger charge is -2.14. The molecule has 27 heavy (non-hydrogen) atoms. The van der Waals surface area contributed by atoms with Crippen molar-refractivity contribution in [2.75, 3.05) is 18.5 Å². The molecule has 2 aliphatic rings. The Hall–Kier alpha value is -2.96. The van der Waals surface area contributed by atoms with Crippen molar-refractivity contribution in [3.8, 4) is 0 Å². The van der Waals surface area contributed by atoms with Gasteiger partial charge >= 0.3 is 5.97 Å². The minimum absolute atomic E-state index is 0.0109. The minimum atomic E-state index is -0.622. The fourth-order valence-electron chi connectivity index (χ4n) is 3.43. The number of anilines is 1. The average Bonchev–Trinajstić information content (AvgIpc) is 2.89. The molecule has 7 heteroatoms. The van der Waals surface area contributed by atoms with Crippen molar-refractivity contribution in [3.63, 3.8) is 0 Å². The quantitative estimate of drug-likeness (QED) is 0.468. The molecule has 0 radical (unpaired) electrons. The zero-order chi connectivity index (χ0) is 19.4. The molecule has 1 heterocycles. The summed E-state index contributed by atoms with van der Waals surface area (Å²) in [6, 6.07) is 7.27. The van der Waals surface area contributed by atoms with Gasteiger partial charge in [-0.25, -0.2) is 0 Å². The molecule has 0 saturated carbocycles. The van der Waals surface area contributed by atoms with E-state index in [1.165, 1.54) is 0 Å². The zero-order valence-electron chi connectivity index (χ0n) is 15.1. The van der Waals surface area contributed by atoms with Crippen LogP contribution in [0.15, 0.2) is 36.4 Å². The molecular formula is C20H22N2O5. The summed E-state index contributed by atoms with van der Waals surface area (Å²) >= 11 is 0. The number of hydrogen-bond acceptors (Lipinski definition) is 5. The molecule has 1 aliphatic heterocycles. The Morgan fingerprint density at radius 2 is 1.81 bits per heavy atom. The van der Waals surface area contributed by atoms with Crippen LogP contribution in [0.25, 0.3) is 0 Å². The van der Waals surface area contributed by atoms with E-state index in [0.29, 0.717) is 18.5 Å². The normalized spacial score (nSPS) is 21.1. The fraction of sp³-hybridized carbons (Fsp3) is 0.400. The Morgan fingerprint density at radius 1 is 1.15 bits per heavy atom. The van der Waals surface area contributed by atoms with Gasteiger partial charge in [-0.05, 0) is 37.5 Å². The highest BCUT2D eigenvalue weighted by molar-refractivity contribution is 6.05. The molecule has 1 aromatic carbocycles. The third-order valence-electron chi connectivity index (χ3n) is 4.80. The van der Waals surface area contributed by atoms with Crippen molar-refractivity contribution in [2.24, 2.45) is 11.8 Å². The molecule has 7 nitrogen and oxygen atoms in total. The van der Waals surface area contributed by atoms with E-state index >= 15 is 0 Å². The standard InChI is InChI=1S/C20H22N2O5/c1-13-5-4-6-14(11-13)21-17(23)12-27-18(24)9-10-22-19(25)15-7-2-3-8-16(15)20(22)26/h2-6,11,15-16H,7-10,12H2,1H3,(H,21,23)/t15-,16-/m0/s1. The lowest BCUT2D eigenvalue weighted by atomic mass is 9.85. The number of carbonyl (C=O) groups is 4. The number of aryl methyl sites for hydroxylation is 1. The van der Waals surface area contributed by atoms with Crippen molar-refractivity contribution in [1.82, 2.24) is 4.90 Å². The molecule has 0 bridgehead atoms. The van der Waals surface area contributed by atoms with E-state index in [1.54, 1.807) is 12.1 Å². The summed E-state index contributed by atoms with van der Waals surface area (Å²) in [6.45, 7) is 1.48. The Bertz CT molecular complexity index is 775. The number of benzene rings is 1. The molecule has 0 aromatic heterocycles. The van der Waals surface area contributed by atoms with Crippen LogP contribution in [0.2, 0.25) is 0 Å². The van der Waals surface area contributed by atoms with Gasteiger partial charge in [0.1, 0.15) is 0 Å². The number of ether oxygens (including phenoxy) is 1. The fourth-order valence-corrected chi connectivity index (χ4v) is 3.43. The van der Waals surface area contributed by atoms with E-state index in [2.05, 4.69) is 5.32 Å². The summed E-state index contributed by atoms with van der Waals surface area (Å²) < 4.78 is 4.94. The number of allylic oxidation sites excluding steroid dienone is 2. The maximum absolute atomic E-state index is 12.3. The van der Waals surface area contributed by atoms with E-state index < -0.39 is 18.5 Å². The summed E-state index contributed by atoms with van der Waals surface area (Å²) in [7, 11) is 0. The molecule has 0 unspecified atom stereocenters. The summed E-state index contributed by atoms with van der Waals surface area (Å²) in [5, 5.41) is 2.64. The van der Waals surface area contributed by atoms with E-state index in [4.69, 9.17) is 4.74 Å². The topological polar surface area (TPSA) is 92.8 Å². The number of carbonyl (C=O) groups excluding carboxylic acids is 4. The second kappa shape index (κ2) is 8.16. The number of nitrogens with one attached hydrogen (secondary N) is 1. The van der Waals surface area contributed by atoms with Crippen molar-refractivity contribution >= 4 is 29.4 Å². The molecule has 0 spiro atoms. The van der Waals surface area contributed by atoms with Crippen LogP contribution >= 0.6 is 0 Å². The first kappa shape index (κ1) is 18.8. The summed E-state index contributed by atoms with van der Waals surface area (Å²) in [6.07, 6.45) is 4.83. The van der Waals surface area contributed by atoms with Gasteiger partial charge in [-0.2, -0.15) is 0 Å². The molecule has 3 rings (SSSR count). The van der Waals surface area contributed by atoms with Crippen molar-refractivity contribution in [3.05, 3.63) is 42.0 Å². The van der Waals surface area contributed by atoms with Gasteiger partial charge in [0, 0.05) is 12.2 Å². The number of nitrogens with zero attached hydrogens (tertiary/aromatic N) is 1. The van der Waals surface area contributed by atoms with Gasteiger partial charge in [-0.15, -0.1) is 0 Å². The molecule has 3 amide bonds. The molecule has 2 atom stereocenters. The van der Waals surface area contributed by atoms with Crippen molar-refractivity contribution in [2.45, 2.75) is 26.2 Å². The molecule has 1 N–H and O–H groups in total. The first-order chi connectivity index (χ1) is 13.0. The van der Waals surface area contributed by atoms with Crippen molar-refractivity contribution < 1.29 is 23.9 Å². The predicted octanol–water partition coefficient (Wildman–Crippen LogP) is 1.82. The molecule has 1 aliphatic carbocycles. The summed E-state index contributed by atoms with van der Waals surface area (Å²) in [4.78, 5) is 49.5. The van der Waals surface area contributed by atoms with Gasteiger partial charge < -0.3 is 10.1 Å². The Kier molecular flexibility index (Phi) is 5.69. The number of likely N-dealkylation sites (tertiary alicyclic amines) is 1. The highest BCUT2D eigenvalue weighted by Gasteiger charge is 2.46. The third-order valence-corrected chi connectivity index (χ3v) is 4.80. The van der Waals surface area contributed by atoms with Gasteiger partial charge in [-0.3, -0.25) is 24.1 Å². The van der Waals surface area contributed by atoms with E-state index in [9.17, 15) is 19.2 Å². The smallest absolute Gasteiger partial charge is 0.308 e. The van der Waals surface area contributed by atoms with E-state index in [0.717, 1.165) is 10.5 Å². The number of rotatable bonds is 6. The van der Waals surface area contributed by atoms with Crippen LogP contribution in [-0.2, 0) is 23.9 Å². The highest BCUT2D eigenvalue weighted by Crippen LogP contribution is 2.34. The van der Waals surface area contributed by atoms with Gasteiger partial charge in [0.25, 0.3) is 5.91 Å². The predicted molar refractivity (Wildman–Crippen MR) is 97.5 cm³/mol. The third kappa shape index (κ3) is 4.42. The largest absolute Gasteiger partial charge is 0.456 e. The van der Waals surface area contributed by atoms with Crippen LogP contribution in [-0.4, -0.2) is 41.7 Å². The second-order valence-corrected chi connectivity index (χ2v) is 6.81. The first-order valence-electron chi connectivity index (χ1n) is 8.98. The van der Waals surface area contributed by atoms with Gasteiger partial charge in [0.2, 0.25) is 11.8 Å². The van der Waals surface area contributed by atoms with Crippen LogP contribution in [0.5, 0.6) is 0 Å². The molecule has 1 aromatic rings. The van der Waals surface area contributed by atoms with E-state index in [1.807, 2.05) is 31.2 Å². The second-order valence-electron chi connectivity index (χ2n) is 6.81. The maximum Gasteiger partial charge on any atom is 0.308 e. The van der Waals surface area contributed by atoms with Crippen LogP contribution in [0, 0.1) is 18.8 Å². The van der Waals surface area contributed by atoms with Crippen molar-refractivity contribution in [1.29, 1.82) is 0 Å². The van der Waals surface area contributed by atoms with Crippen LogP contribution in [0.4, 0.5) is 5.69 Å². The van der Waals surface area contributed by atoms with Crippen LogP contribution < -0.4 is 5.32 Å². The van der Waals surface area contributed by atoms with Crippen LogP contribution in [0.3, 0.4) is 0 Å². The Labute approximate surface area is 157 Å². The first-order valence-corrected chi connectivity index (χ1v) is 8.98. The van der Waals surface area contributed by atoms with Gasteiger partial charge in [0.05, 0.1) is 18.3 Å². The maximum atomic E-state index is 12.3. The summed E-state index contributed by atoms with van der Waals surface area (Å²) in [5.74, 6) is -2.13. The molecular weight excluding hydrogens is 348 g/mol. The monoisotopic (exact) mass is 370 g/mol. The van der Waals surface area contributed by atoms with Gasteiger partial charge in [-0.1, -0.05) is 24.3 Å². The molecule has 1 fully saturated rings. The average molecular weight is 370 g/mol. The highest BCUT2D eigenvalue weighted by atomic mass is 16.5. The van der Waals surface area contributed by atoms with E-state index in [-0.39, 0.29) is 36.6 Å². The SMILES string of the molecule is Cc1cccc(NC(=O)COC(=O)CCN2C(=O)[C@H]3CC=CC[C@@H]3C2=O)c1. The zero-order valence-corrected chi connectivity index (χ0v) is 15.1. The van der Waals surface area contributed by atoms with Gasteiger partial charge in [0.15, 0.2) is 6.61 Å². The van der Waals surface area contributed by atoms with Crippen LogP contribution in [0.1, 0.15) is 24.8 Å². The number of fused-ring (bicyclic) bond motifs is 1. The summed E-state index contributed by atoms with van der Waals surface area (Å²) in [5.41, 5.74) is 1.63. The molecule has 1 saturated heterocycles. The number of imide groups is 1. The lowest BCUT2D eigenvalue weighted by Crippen LogP contribution is -2.33. The Balaban J connectivity index is 1.43. The number of amides is 3. The molecule has 142 valence electrons.